The number of nitrogens with one attached hydrogen (secondary N) is 2. The highest BCUT2D eigenvalue weighted by molar-refractivity contribution is 7.89. The van der Waals surface area contributed by atoms with E-state index in [9.17, 15) is 13.2 Å². The maximum atomic E-state index is 12.5. The maximum absolute atomic E-state index is 12.5. The molecule has 2 aromatic carbocycles. The minimum Gasteiger partial charge on any atom is -0.486 e. The Kier molecular flexibility index (Phi) is 8.09. The molecule has 8 nitrogen and oxygen atoms in total. The second kappa shape index (κ2) is 11.0. The largest absolute Gasteiger partial charge is 0.486 e. The van der Waals surface area contributed by atoms with Gasteiger partial charge >= 0.3 is 0 Å². The third-order valence-corrected chi connectivity index (χ3v) is 6.57. The predicted molar refractivity (Wildman–Crippen MR) is 119 cm³/mol. The van der Waals surface area contributed by atoms with Gasteiger partial charge in [-0.05, 0) is 49.6 Å². The van der Waals surface area contributed by atoms with Crippen LogP contribution in [0.15, 0.2) is 47.4 Å². The summed E-state index contributed by atoms with van der Waals surface area (Å²) in [5.74, 6) is 0.918. The van der Waals surface area contributed by atoms with Crippen LogP contribution in [0.5, 0.6) is 11.5 Å². The van der Waals surface area contributed by atoms with Gasteiger partial charge in [0.05, 0.1) is 22.6 Å². The molecule has 1 atom stereocenters. The van der Waals surface area contributed by atoms with Crippen LogP contribution in [-0.2, 0) is 14.8 Å². The Morgan fingerprint density at radius 2 is 1.78 bits per heavy atom. The molecule has 0 aliphatic carbocycles. The standard InChI is InChI=1S/C23H27N3O5S/c1-17(19-8-6-18(16-24)7-9-19)26-23(27)5-3-2-4-12-25-32(28,29)20-10-11-21-22(15-20)31-14-13-30-21/h6-11,15,17,25H,2-5,12-14H2,1H3,(H,26,27). The van der Waals surface area contributed by atoms with E-state index in [0.717, 1.165) is 12.0 Å². The highest BCUT2D eigenvalue weighted by Crippen LogP contribution is 2.32. The first-order valence-corrected chi connectivity index (χ1v) is 12.1. The quantitative estimate of drug-likeness (QED) is 0.530. The van der Waals surface area contributed by atoms with Crippen LogP contribution in [0.3, 0.4) is 0 Å². The van der Waals surface area contributed by atoms with Crippen LogP contribution in [-0.4, -0.2) is 34.1 Å². The van der Waals surface area contributed by atoms with Crippen molar-refractivity contribution >= 4 is 15.9 Å². The molecule has 3 rings (SSSR count). The van der Waals surface area contributed by atoms with Crippen molar-refractivity contribution in [3.63, 3.8) is 0 Å². The van der Waals surface area contributed by atoms with Crippen molar-refractivity contribution in [3.8, 4) is 17.6 Å². The molecule has 1 aliphatic heterocycles. The van der Waals surface area contributed by atoms with E-state index >= 15 is 0 Å². The lowest BCUT2D eigenvalue weighted by Crippen LogP contribution is -2.26. The zero-order valence-electron chi connectivity index (χ0n) is 18.0. The molecule has 0 fully saturated rings. The summed E-state index contributed by atoms with van der Waals surface area (Å²) in [6, 6.07) is 13.6. The fourth-order valence-electron chi connectivity index (χ4n) is 3.31. The lowest BCUT2D eigenvalue weighted by atomic mass is 10.1. The fourth-order valence-corrected chi connectivity index (χ4v) is 4.40. The molecule has 0 saturated carbocycles. The number of nitriles is 1. The number of amides is 1. The normalized spacial score (nSPS) is 13.8. The van der Waals surface area contributed by atoms with Crippen molar-refractivity contribution in [2.45, 2.75) is 43.5 Å². The van der Waals surface area contributed by atoms with Crippen LogP contribution < -0.4 is 19.5 Å². The van der Waals surface area contributed by atoms with E-state index in [-0.39, 0.29) is 16.8 Å². The van der Waals surface area contributed by atoms with E-state index in [1.165, 1.54) is 12.1 Å². The predicted octanol–water partition coefficient (Wildman–Crippen LogP) is 3.05. The highest BCUT2D eigenvalue weighted by Gasteiger charge is 2.19. The number of nitrogens with zero attached hydrogens (tertiary/aromatic N) is 1. The van der Waals surface area contributed by atoms with Gasteiger partial charge in [0.15, 0.2) is 11.5 Å². The van der Waals surface area contributed by atoms with Crippen molar-refractivity contribution < 1.29 is 22.7 Å². The molecule has 0 spiro atoms. The summed E-state index contributed by atoms with van der Waals surface area (Å²) in [6.45, 7) is 3.03. The Hall–Kier alpha value is -3.09. The first-order valence-electron chi connectivity index (χ1n) is 10.6. The van der Waals surface area contributed by atoms with Crippen molar-refractivity contribution in [3.05, 3.63) is 53.6 Å². The van der Waals surface area contributed by atoms with Crippen molar-refractivity contribution in [2.75, 3.05) is 19.8 Å². The number of sulfonamides is 1. The molecule has 0 bridgehead atoms. The van der Waals surface area contributed by atoms with Crippen LogP contribution in [0.1, 0.15) is 49.8 Å². The van der Waals surface area contributed by atoms with E-state index in [0.29, 0.717) is 56.1 Å². The summed E-state index contributed by atoms with van der Waals surface area (Å²) in [6.07, 6.45) is 2.39. The van der Waals surface area contributed by atoms with Crippen LogP contribution >= 0.6 is 0 Å². The molecule has 9 heteroatoms. The molecule has 0 radical (unpaired) electrons. The third kappa shape index (κ3) is 6.45. The number of ether oxygens (including phenoxy) is 2. The molecule has 1 unspecified atom stereocenters. The monoisotopic (exact) mass is 457 g/mol. The van der Waals surface area contributed by atoms with Gasteiger partial charge in [0.1, 0.15) is 13.2 Å². The van der Waals surface area contributed by atoms with Gasteiger partial charge in [0.2, 0.25) is 15.9 Å². The second-order valence-electron chi connectivity index (χ2n) is 7.54. The summed E-state index contributed by atoms with van der Waals surface area (Å²) in [5.41, 5.74) is 1.52. The summed E-state index contributed by atoms with van der Waals surface area (Å²) < 4.78 is 38.4. The Balaban J connectivity index is 1.35. The zero-order chi connectivity index (χ0) is 23.0. The van der Waals surface area contributed by atoms with Gasteiger partial charge in [0, 0.05) is 19.0 Å². The Bertz CT molecular complexity index is 1080. The number of rotatable bonds is 10. The highest BCUT2D eigenvalue weighted by atomic mass is 32.2. The average Bonchev–Trinajstić information content (AvgIpc) is 2.81. The Labute approximate surface area is 188 Å². The van der Waals surface area contributed by atoms with E-state index in [1.54, 1.807) is 18.2 Å². The first kappa shape index (κ1) is 23.6. The minimum absolute atomic E-state index is 0.0567. The van der Waals surface area contributed by atoms with Crippen molar-refractivity contribution in [2.24, 2.45) is 0 Å². The number of benzene rings is 2. The molecule has 2 aromatic rings. The fraction of sp³-hybridized carbons (Fsp3) is 0.391. The van der Waals surface area contributed by atoms with Gasteiger partial charge < -0.3 is 14.8 Å². The average molecular weight is 458 g/mol. The SMILES string of the molecule is CC(NC(=O)CCCCCNS(=O)(=O)c1ccc2c(c1)OCCO2)c1ccc(C#N)cc1. The number of unbranched alkanes of at least 4 members (excludes halogenated alkanes) is 2. The molecule has 0 aromatic heterocycles. The third-order valence-electron chi connectivity index (χ3n) is 5.11. The Morgan fingerprint density at radius 1 is 1.06 bits per heavy atom. The number of carbonyl (C=O) groups excluding carboxylic acids is 1. The molecule has 32 heavy (non-hydrogen) atoms. The first-order chi connectivity index (χ1) is 15.4. The van der Waals surface area contributed by atoms with Crippen LogP contribution in [0, 0.1) is 11.3 Å². The van der Waals surface area contributed by atoms with Crippen LogP contribution in [0.2, 0.25) is 0 Å². The molecule has 1 heterocycles. The lowest BCUT2D eigenvalue weighted by Gasteiger charge is -2.18. The number of hydrogen-bond donors (Lipinski definition) is 2. The molecule has 170 valence electrons. The van der Waals surface area contributed by atoms with E-state index in [1.807, 2.05) is 19.1 Å². The molecule has 0 saturated heterocycles. The minimum atomic E-state index is -3.63. The van der Waals surface area contributed by atoms with Gasteiger partial charge in [-0.25, -0.2) is 13.1 Å². The van der Waals surface area contributed by atoms with Gasteiger partial charge in [-0.15, -0.1) is 0 Å². The molecule has 1 aliphatic rings. The summed E-state index contributed by atoms with van der Waals surface area (Å²) in [7, 11) is -3.63. The molecule has 2 N–H and O–H groups in total. The van der Waals surface area contributed by atoms with Crippen molar-refractivity contribution in [1.29, 1.82) is 5.26 Å². The zero-order valence-corrected chi connectivity index (χ0v) is 18.8. The summed E-state index contributed by atoms with van der Waals surface area (Å²) in [4.78, 5) is 12.3. The summed E-state index contributed by atoms with van der Waals surface area (Å²) in [5, 5.41) is 11.8. The van der Waals surface area contributed by atoms with Gasteiger partial charge in [-0.1, -0.05) is 18.6 Å². The number of carbonyl (C=O) groups is 1. The number of hydrogen-bond acceptors (Lipinski definition) is 6. The number of fused-ring (bicyclic) bond motifs is 1. The molecular weight excluding hydrogens is 430 g/mol. The van der Waals surface area contributed by atoms with E-state index < -0.39 is 10.0 Å². The summed E-state index contributed by atoms with van der Waals surface area (Å²) >= 11 is 0. The topological polar surface area (TPSA) is 118 Å². The second-order valence-corrected chi connectivity index (χ2v) is 9.30. The van der Waals surface area contributed by atoms with Crippen LogP contribution in [0.25, 0.3) is 0 Å². The van der Waals surface area contributed by atoms with E-state index in [4.69, 9.17) is 14.7 Å². The lowest BCUT2D eigenvalue weighted by molar-refractivity contribution is -0.121. The van der Waals surface area contributed by atoms with Gasteiger partial charge in [-0.2, -0.15) is 5.26 Å². The van der Waals surface area contributed by atoms with E-state index in [2.05, 4.69) is 16.1 Å². The molecular formula is C23H27N3O5S. The van der Waals surface area contributed by atoms with Crippen molar-refractivity contribution in [1.82, 2.24) is 10.0 Å². The maximum Gasteiger partial charge on any atom is 0.240 e. The van der Waals surface area contributed by atoms with Gasteiger partial charge in [0.25, 0.3) is 0 Å². The van der Waals surface area contributed by atoms with Crippen LogP contribution in [0.4, 0.5) is 0 Å². The van der Waals surface area contributed by atoms with Gasteiger partial charge in [-0.3, -0.25) is 4.79 Å². The Morgan fingerprint density at radius 3 is 2.50 bits per heavy atom. The molecule has 1 amide bonds. The smallest absolute Gasteiger partial charge is 0.240 e.